The molecule has 1 saturated carbocycles. The number of hydrogen-bond donors (Lipinski definition) is 0. The number of fused-ring (bicyclic) bond motifs is 8. The van der Waals surface area contributed by atoms with Crippen LogP contribution in [-0.4, -0.2) is 46.3 Å². The largest absolute Gasteiger partial charge is 0.290 e. The quantitative estimate of drug-likeness (QED) is 0.477. The lowest BCUT2D eigenvalue weighted by atomic mass is 9.79. The fraction of sp³-hybridized carbons (Fsp3) is 0.143. The van der Waals surface area contributed by atoms with Crippen LogP contribution in [0.25, 0.3) is 0 Å². The van der Waals surface area contributed by atoms with Gasteiger partial charge in [0, 0.05) is 70.3 Å². The average Bonchev–Trinajstić information content (AvgIpc) is 2.80. The minimum absolute atomic E-state index is 0.0300. The van der Waals surface area contributed by atoms with Gasteiger partial charge in [-0.15, -0.1) is 0 Å². The van der Waals surface area contributed by atoms with Gasteiger partial charge in [-0.25, -0.2) is 0 Å². The third-order valence-corrected chi connectivity index (χ3v) is 6.39. The number of allylic oxidation sites excluding steroid dienone is 16. The maximum Gasteiger partial charge on any atom is 0.185 e. The molecule has 5 aliphatic carbocycles. The van der Waals surface area contributed by atoms with Crippen LogP contribution in [0.5, 0.6) is 0 Å². The molecule has 0 heterocycles. The lowest BCUT2D eigenvalue weighted by Crippen LogP contribution is -2.24. The van der Waals surface area contributed by atoms with Crippen LogP contribution in [0.3, 0.4) is 0 Å². The number of hydrogen-bond acceptors (Lipinski definition) is 8. The summed E-state index contributed by atoms with van der Waals surface area (Å²) in [5.41, 5.74) is -0.240. The minimum Gasteiger partial charge on any atom is -0.290 e. The Morgan fingerprint density at radius 2 is 0.417 bits per heavy atom. The van der Waals surface area contributed by atoms with Crippen LogP contribution in [0, 0.1) is 0 Å². The van der Waals surface area contributed by atoms with Crippen LogP contribution >= 0.6 is 0 Å². The lowest BCUT2D eigenvalue weighted by Gasteiger charge is -2.22. The molecule has 36 heavy (non-hydrogen) atoms. The molecule has 8 heteroatoms. The molecule has 0 amide bonds. The predicted molar refractivity (Wildman–Crippen MR) is 123 cm³/mol. The summed E-state index contributed by atoms with van der Waals surface area (Å²) in [6.45, 7) is 0. The summed E-state index contributed by atoms with van der Waals surface area (Å²) in [7, 11) is 0. The van der Waals surface area contributed by atoms with Crippen molar-refractivity contribution in [3.05, 3.63) is 93.2 Å². The Hall–Kier alpha value is -4.72. The van der Waals surface area contributed by atoms with Crippen LogP contribution in [0.1, 0.15) is 25.7 Å². The SMILES string of the molecule is O=C1C=C2CC3=CC(=O)C=C(CC4=CC(=O)C=C(CC5=CC(=O)C=C(CC(=C1)C2=O)C5=O)C4=O)C3=O. The van der Waals surface area contributed by atoms with E-state index in [4.69, 9.17) is 0 Å². The van der Waals surface area contributed by atoms with E-state index in [0.717, 1.165) is 48.6 Å². The molecule has 0 atom stereocenters. The molecule has 0 aromatic carbocycles. The third-order valence-electron chi connectivity index (χ3n) is 6.39. The number of ketones is 8. The number of carbonyl (C=O) groups is 8. The second kappa shape index (κ2) is 8.49. The Kier molecular flexibility index (Phi) is 5.44. The van der Waals surface area contributed by atoms with Crippen molar-refractivity contribution < 1.29 is 38.4 Å². The van der Waals surface area contributed by atoms with Crippen molar-refractivity contribution >= 4 is 46.3 Å². The zero-order chi connectivity index (χ0) is 25.7. The standard InChI is InChI=1S/C28H16O8/c29-21-5-13-1-14-6-22(30)8-16(26(14)34)3-18-10-24(32)12-20(28(18)36)4-19-11-23(31)9-17(27(19)35)2-15(7-21)25(13)33/h5-12H,1-4H2. The highest BCUT2D eigenvalue weighted by Gasteiger charge is 2.33. The zero-order valence-electron chi connectivity index (χ0n) is 18.7. The van der Waals surface area contributed by atoms with Crippen molar-refractivity contribution in [2.24, 2.45) is 0 Å². The van der Waals surface area contributed by atoms with Crippen molar-refractivity contribution in [1.29, 1.82) is 0 Å². The van der Waals surface area contributed by atoms with Crippen LogP contribution in [-0.2, 0) is 38.4 Å². The molecule has 0 saturated heterocycles. The highest BCUT2D eigenvalue weighted by atomic mass is 16.2. The summed E-state index contributed by atoms with van der Waals surface area (Å²) < 4.78 is 0. The van der Waals surface area contributed by atoms with E-state index in [1.54, 1.807) is 0 Å². The Morgan fingerprint density at radius 1 is 0.278 bits per heavy atom. The number of rotatable bonds is 0. The molecule has 8 bridgehead atoms. The van der Waals surface area contributed by atoms with E-state index < -0.39 is 46.3 Å². The van der Waals surface area contributed by atoms with E-state index >= 15 is 0 Å². The number of Topliss-reactive ketones (excluding diaryl/α,β-unsaturated/α-hetero) is 4. The topological polar surface area (TPSA) is 137 Å². The first kappa shape index (κ1) is 23.0. The van der Waals surface area contributed by atoms with E-state index in [-0.39, 0.29) is 70.3 Å². The van der Waals surface area contributed by atoms with E-state index in [2.05, 4.69) is 0 Å². The van der Waals surface area contributed by atoms with Gasteiger partial charge in [-0.1, -0.05) is 0 Å². The van der Waals surface area contributed by atoms with Gasteiger partial charge in [-0.2, -0.15) is 0 Å². The fourth-order valence-electron chi connectivity index (χ4n) is 4.76. The zero-order valence-corrected chi connectivity index (χ0v) is 18.7. The van der Waals surface area contributed by atoms with Gasteiger partial charge in [-0.05, 0) is 48.6 Å². The molecular formula is C28H16O8. The Morgan fingerprint density at radius 3 is 0.556 bits per heavy atom. The average molecular weight is 480 g/mol. The monoisotopic (exact) mass is 480 g/mol. The van der Waals surface area contributed by atoms with Crippen LogP contribution in [0.15, 0.2) is 93.2 Å². The molecule has 1 fully saturated rings. The summed E-state index contributed by atoms with van der Waals surface area (Å²) in [5.74, 6) is -4.37. The second-order valence-electron chi connectivity index (χ2n) is 8.99. The van der Waals surface area contributed by atoms with Crippen molar-refractivity contribution in [3.63, 3.8) is 0 Å². The number of carbonyl (C=O) groups excluding carboxylic acids is 8. The highest BCUT2D eigenvalue weighted by molar-refractivity contribution is 6.28. The minimum atomic E-state index is -0.570. The first-order valence-electron chi connectivity index (χ1n) is 11.1. The highest BCUT2D eigenvalue weighted by Crippen LogP contribution is 2.33. The van der Waals surface area contributed by atoms with Crippen molar-refractivity contribution in [3.8, 4) is 0 Å². The maximum atomic E-state index is 13.1. The molecular weight excluding hydrogens is 464 g/mol. The summed E-state index contributed by atoms with van der Waals surface area (Å²) in [4.78, 5) is 102. The molecule has 0 spiro atoms. The molecule has 0 N–H and O–H groups in total. The normalized spacial score (nSPS) is 22.7. The fourth-order valence-corrected chi connectivity index (χ4v) is 4.76. The molecule has 0 aromatic heterocycles. The third kappa shape index (κ3) is 4.13. The summed E-state index contributed by atoms with van der Waals surface area (Å²) >= 11 is 0. The summed E-state index contributed by atoms with van der Waals surface area (Å²) in [5, 5.41) is 0. The second-order valence-corrected chi connectivity index (χ2v) is 8.99. The maximum absolute atomic E-state index is 13.1. The van der Waals surface area contributed by atoms with Gasteiger partial charge in [0.05, 0.1) is 0 Å². The lowest BCUT2D eigenvalue weighted by molar-refractivity contribution is -0.117. The van der Waals surface area contributed by atoms with Gasteiger partial charge >= 0.3 is 0 Å². The van der Waals surface area contributed by atoms with Gasteiger partial charge in [0.1, 0.15) is 0 Å². The molecule has 0 unspecified atom stereocenters. The van der Waals surface area contributed by atoms with Crippen molar-refractivity contribution in [2.45, 2.75) is 25.7 Å². The van der Waals surface area contributed by atoms with Crippen molar-refractivity contribution in [1.82, 2.24) is 0 Å². The predicted octanol–water partition coefficient (Wildman–Crippen LogP) is 1.58. The molecule has 0 aliphatic heterocycles. The van der Waals surface area contributed by atoms with E-state index in [9.17, 15) is 38.4 Å². The van der Waals surface area contributed by atoms with Gasteiger partial charge in [0.2, 0.25) is 0 Å². The summed E-state index contributed by atoms with van der Waals surface area (Å²) in [6, 6.07) is 0. The van der Waals surface area contributed by atoms with E-state index in [1.165, 1.54) is 0 Å². The van der Waals surface area contributed by atoms with Gasteiger partial charge in [0.15, 0.2) is 46.3 Å². The van der Waals surface area contributed by atoms with E-state index in [1.807, 2.05) is 0 Å². The van der Waals surface area contributed by atoms with Crippen molar-refractivity contribution in [2.75, 3.05) is 0 Å². The molecule has 5 aliphatic rings. The van der Waals surface area contributed by atoms with Crippen LogP contribution < -0.4 is 0 Å². The first-order chi connectivity index (χ1) is 17.1. The molecule has 0 radical (unpaired) electrons. The van der Waals surface area contributed by atoms with Gasteiger partial charge in [0.25, 0.3) is 0 Å². The molecule has 176 valence electrons. The Balaban J connectivity index is 1.62. The van der Waals surface area contributed by atoms with Gasteiger partial charge < -0.3 is 0 Å². The van der Waals surface area contributed by atoms with E-state index in [0.29, 0.717) is 0 Å². The molecule has 5 rings (SSSR count). The Bertz CT molecular complexity index is 1210. The van der Waals surface area contributed by atoms with Gasteiger partial charge in [-0.3, -0.25) is 38.4 Å². The van der Waals surface area contributed by atoms with Crippen LogP contribution in [0.4, 0.5) is 0 Å². The smallest absolute Gasteiger partial charge is 0.185 e. The molecule has 0 aromatic rings. The van der Waals surface area contributed by atoms with Crippen LogP contribution in [0.2, 0.25) is 0 Å². The Labute approximate surface area is 203 Å². The first-order valence-corrected chi connectivity index (χ1v) is 11.1. The molecule has 8 nitrogen and oxygen atoms in total. The summed E-state index contributed by atoms with van der Waals surface area (Å²) in [6.07, 6.45) is 7.34.